The fourth-order valence-electron chi connectivity index (χ4n) is 2.36. The maximum atomic E-state index is 5.96. The summed E-state index contributed by atoms with van der Waals surface area (Å²) < 4.78 is 0. The van der Waals surface area contributed by atoms with E-state index in [2.05, 4.69) is 28.9 Å². The number of anilines is 1. The second-order valence-corrected chi connectivity index (χ2v) is 6.35. The smallest absolute Gasteiger partial charge is 0.183 e. The quantitative estimate of drug-likeness (QED) is 0.668. The van der Waals surface area contributed by atoms with E-state index in [4.69, 9.17) is 16.6 Å². The summed E-state index contributed by atoms with van der Waals surface area (Å²) in [6.45, 7) is 5.97. The first-order valence-corrected chi connectivity index (χ1v) is 8.78. The highest BCUT2D eigenvalue weighted by Crippen LogP contribution is 2.31. The molecule has 0 aliphatic carbocycles. The minimum atomic E-state index is 0.615. The molecule has 3 aromatic rings. The van der Waals surface area contributed by atoms with Gasteiger partial charge in [-0.25, -0.2) is 4.98 Å². The van der Waals surface area contributed by atoms with Crippen LogP contribution in [0.4, 0.5) is 5.82 Å². The number of benzene rings is 1. The average molecular weight is 345 g/mol. The summed E-state index contributed by atoms with van der Waals surface area (Å²) in [5.74, 6) is 1.49. The van der Waals surface area contributed by atoms with Gasteiger partial charge in [-0.2, -0.15) is 0 Å². The van der Waals surface area contributed by atoms with Gasteiger partial charge in [-0.05, 0) is 49.6 Å². The lowest BCUT2D eigenvalue weighted by Gasteiger charge is -2.21. The van der Waals surface area contributed by atoms with E-state index in [1.807, 2.05) is 41.8 Å². The molecule has 118 valence electrons. The summed E-state index contributed by atoms with van der Waals surface area (Å²) in [7, 11) is 0. The van der Waals surface area contributed by atoms with Crippen LogP contribution in [0.25, 0.3) is 22.0 Å². The van der Waals surface area contributed by atoms with Crippen molar-refractivity contribution in [3.63, 3.8) is 0 Å². The second-order valence-electron chi connectivity index (χ2n) is 4.96. The van der Waals surface area contributed by atoms with Crippen molar-refractivity contribution >= 4 is 28.8 Å². The first kappa shape index (κ1) is 15.9. The normalized spacial score (nSPS) is 10.7. The minimum Gasteiger partial charge on any atom is -0.355 e. The van der Waals surface area contributed by atoms with E-state index in [1.54, 1.807) is 11.3 Å². The Labute approximate surface area is 144 Å². The number of nitrogens with zero attached hydrogens (tertiary/aromatic N) is 4. The fourth-order valence-corrected chi connectivity index (χ4v) is 3.19. The predicted octanol–water partition coefficient (Wildman–Crippen LogP) is 4.77. The van der Waals surface area contributed by atoms with Crippen LogP contribution in [0, 0.1) is 0 Å². The molecule has 2 heterocycles. The van der Waals surface area contributed by atoms with Gasteiger partial charge in [0, 0.05) is 23.7 Å². The number of hydrogen-bond acceptors (Lipinski definition) is 5. The Morgan fingerprint density at radius 2 is 1.78 bits per heavy atom. The zero-order valence-corrected chi connectivity index (χ0v) is 14.6. The molecule has 6 heteroatoms. The number of halogens is 1. The third kappa shape index (κ3) is 3.35. The lowest BCUT2D eigenvalue weighted by molar-refractivity contribution is 0.830. The number of aromatic nitrogens is 3. The van der Waals surface area contributed by atoms with Gasteiger partial charge in [-0.3, -0.25) is 0 Å². The van der Waals surface area contributed by atoms with Crippen molar-refractivity contribution in [1.29, 1.82) is 0 Å². The Morgan fingerprint density at radius 1 is 1.04 bits per heavy atom. The molecule has 0 saturated carbocycles. The molecule has 0 aliphatic heterocycles. The fraction of sp³-hybridized carbons (Fsp3) is 0.235. The molecule has 0 radical (unpaired) electrons. The summed E-state index contributed by atoms with van der Waals surface area (Å²) in [6, 6.07) is 11.6. The van der Waals surface area contributed by atoms with Crippen LogP contribution >= 0.6 is 22.9 Å². The van der Waals surface area contributed by atoms with Crippen LogP contribution in [0.15, 0.2) is 41.8 Å². The van der Waals surface area contributed by atoms with Crippen LogP contribution in [-0.4, -0.2) is 28.3 Å². The predicted molar refractivity (Wildman–Crippen MR) is 97.1 cm³/mol. The zero-order chi connectivity index (χ0) is 16.2. The van der Waals surface area contributed by atoms with Crippen LogP contribution in [0.2, 0.25) is 5.02 Å². The molecular formula is C17H17ClN4S. The van der Waals surface area contributed by atoms with Crippen LogP contribution in [-0.2, 0) is 0 Å². The number of hydrogen-bond donors (Lipinski definition) is 0. The van der Waals surface area contributed by atoms with Crippen molar-refractivity contribution in [2.24, 2.45) is 0 Å². The largest absolute Gasteiger partial charge is 0.355 e. The molecule has 1 aromatic carbocycles. The van der Waals surface area contributed by atoms with Crippen LogP contribution in [0.5, 0.6) is 0 Å². The van der Waals surface area contributed by atoms with Gasteiger partial charge in [0.05, 0.1) is 4.88 Å². The zero-order valence-electron chi connectivity index (χ0n) is 13.0. The molecule has 0 bridgehead atoms. The van der Waals surface area contributed by atoms with E-state index in [-0.39, 0.29) is 0 Å². The first-order chi connectivity index (χ1) is 11.2. The molecular weight excluding hydrogens is 328 g/mol. The third-order valence-corrected chi connectivity index (χ3v) is 4.72. The van der Waals surface area contributed by atoms with Crippen LogP contribution in [0.3, 0.4) is 0 Å². The SMILES string of the molecule is CCN(CC)c1nc(-c2ccc(Cl)cc2)nnc1-c1cccs1. The van der Waals surface area contributed by atoms with Gasteiger partial charge >= 0.3 is 0 Å². The Bertz CT molecular complexity index is 768. The van der Waals surface area contributed by atoms with Crippen molar-refractivity contribution < 1.29 is 0 Å². The highest BCUT2D eigenvalue weighted by atomic mass is 35.5. The van der Waals surface area contributed by atoms with Crippen molar-refractivity contribution in [1.82, 2.24) is 15.2 Å². The Balaban J connectivity index is 2.11. The standard InChI is InChI=1S/C17H17ClN4S/c1-3-22(4-2)17-15(14-6-5-11-23-14)20-21-16(19-17)12-7-9-13(18)10-8-12/h5-11H,3-4H2,1-2H3. The Hall–Kier alpha value is -1.98. The summed E-state index contributed by atoms with van der Waals surface area (Å²) in [5, 5.41) is 11.5. The molecule has 0 spiro atoms. The highest BCUT2D eigenvalue weighted by Gasteiger charge is 2.17. The van der Waals surface area contributed by atoms with Crippen LogP contribution in [0.1, 0.15) is 13.8 Å². The van der Waals surface area contributed by atoms with Crippen LogP contribution < -0.4 is 4.90 Å². The molecule has 23 heavy (non-hydrogen) atoms. The minimum absolute atomic E-state index is 0.615. The van der Waals surface area contributed by atoms with Gasteiger partial charge in [0.2, 0.25) is 0 Å². The van der Waals surface area contributed by atoms with E-state index >= 15 is 0 Å². The van der Waals surface area contributed by atoms with E-state index in [0.717, 1.165) is 35.0 Å². The summed E-state index contributed by atoms with van der Waals surface area (Å²) in [4.78, 5) is 8.06. The molecule has 3 rings (SSSR count). The van der Waals surface area contributed by atoms with Gasteiger partial charge in [0.15, 0.2) is 11.6 Å². The van der Waals surface area contributed by atoms with E-state index in [0.29, 0.717) is 10.8 Å². The molecule has 2 aromatic heterocycles. The topological polar surface area (TPSA) is 41.9 Å². The van der Waals surface area contributed by atoms with E-state index in [1.165, 1.54) is 0 Å². The molecule has 0 saturated heterocycles. The van der Waals surface area contributed by atoms with Gasteiger partial charge in [-0.1, -0.05) is 17.7 Å². The maximum absolute atomic E-state index is 5.96. The average Bonchev–Trinajstić information content (AvgIpc) is 3.11. The molecule has 4 nitrogen and oxygen atoms in total. The summed E-state index contributed by atoms with van der Waals surface area (Å²) >= 11 is 7.60. The van der Waals surface area contributed by atoms with Crippen molar-refractivity contribution in [2.45, 2.75) is 13.8 Å². The van der Waals surface area contributed by atoms with E-state index < -0.39 is 0 Å². The van der Waals surface area contributed by atoms with Gasteiger partial charge < -0.3 is 4.90 Å². The Morgan fingerprint density at radius 3 is 2.39 bits per heavy atom. The third-order valence-electron chi connectivity index (χ3n) is 3.59. The summed E-state index contributed by atoms with van der Waals surface area (Å²) in [6.07, 6.45) is 0. The van der Waals surface area contributed by atoms with Gasteiger partial charge in [0.25, 0.3) is 0 Å². The molecule has 0 aliphatic rings. The lowest BCUT2D eigenvalue weighted by Crippen LogP contribution is -2.24. The van der Waals surface area contributed by atoms with Gasteiger partial charge in [-0.15, -0.1) is 21.5 Å². The van der Waals surface area contributed by atoms with Crippen molar-refractivity contribution in [3.8, 4) is 22.0 Å². The summed E-state index contributed by atoms with van der Waals surface area (Å²) in [5.41, 5.74) is 1.74. The molecule has 0 unspecified atom stereocenters. The molecule has 0 amide bonds. The second kappa shape index (κ2) is 7.06. The monoisotopic (exact) mass is 344 g/mol. The van der Waals surface area contributed by atoms with Crippen molar-refractivity contribution in [2.75, 3.05) is 18.0 Å². The van der Waals surface area contributed by atoms with Gasteiger partial charge in [0.1, 0.15) is 5.69 Å². The highest BCUT2D eigenvalue weighted by molar-refractivity contribution is 7.13. The first-order valence-electron chi connectivity index (χ1n) is 7.52. The lowest BCUT2D eigenvalue weighted by atomic mass is 10.2. The van der Waals surface area contributed by atoms with E-state index in [9.17, 15) is 0 Å². The Kier molecular flexibility index (Phi) is 4.88. The van der Waals surface area contributed by atoms with Crippen molar-refractivity contribution in [3.05, 3.63) is 46.8 Å². The molecule has 0 atom stereocenters. The number of rotatable bonds is 5. The molecule has 0 fully saturated rings. The molecule has 0 N–H and O–H groups in total. The maximum Gasteiger partial charge on any atom is 0.183 e. The number of thiophene rings is 1.